The van der Waals surface area contributed by atoms with E-state index in [1.807, 2.05) is 12.1 Å². The Morgan fingerprint density at radius 1 is 1.29 bits per heavy atom. The Balaban J connectivity index is 0.00000161. The lowest BCUT2D eigenvalue weighted by Crippen LogP contribution is -2.19. The minimum atomic E-state index is 0. The van der Waals surface area contributed by atoms with Crippen LogP contribution in [0.15, 0.2) is 24.3 Å². The first-order valence-electron chi connectivity index (χ1n) is 7.17. The second-order valence-electron chi connectivity index (χ2n) is 5.19. The molecule has 6 heteroatoms. The van der Waals surface area contributed by atoms with Crippen molar-refractivity contribution in [1.82, 2.24) is 20.1 Å². The van der Waals surface area contributed by atoms with Gasteiger partial charge in [0.25, 0.3) is 0 Å². The van der Waals surface area contributed by atoms with Crippen LogP contribution in [0.3, 0.4) is 0 Å². The van der Waals surface area contributed by atoms with Gasteiger partial charge in [0, 0.05) is 11.4 Å². The first kappa shape index (κ1) is 16.3. The highest BCUT2D eigenvalue weighted by atomic mass is 35.5. The van der Waals surface area contributed by atoms with Crippen LogP contribution in [0.4, 0.5) is 0 Å². The highest BCUT2D eigenvalue weighted by Gasteiger charge is 2.23. The molecule has 1 atom stereocenters. The van der Waals surface area contributed by atoms with E-state index in [4.69, 9.17) is 11.6 Å². The average Bonchev–Trinajstić information content (AvgIpc) is 3.10. The summed E-state index contributed by atoms with van der Waals surface area (Å²) in [6.45, 7) is 4.00. The predicted molar refractivity (Wildman–Crippen MR) is 87.2 cm³/mol. The van der Waals surface area contributed by atoms with Gasteiger partial charge in [-0.15, -0.1) is 22.6 Å². The maximum Gasteiger partial charge on any atom is 0.150 e. The Hall–Kier alpha value is -1.10. The maximum absolute atomic E-state index is 5.95. The van der Waals surface area contributed by atoms with Crippen LogP contribution in [-0.4, -0.2) is 21.3 Å². The molecule has 1 aromatic heterocycles. The Morgan fingerprint density at radius 2 is 2.05 bits per heavy atom. The Labute approximate surface area is 136 Å². The standard InChI is InChI=1S/C15H19ClN4.ClH/c1-2-14-18-19-15(13-4-3-9-17-13)20(14)10-11-5-7-12(16)8-6-11;/h5-8,13,17H,2-4,9-10H2,1H3;1H/t13-;/m1./s1. The monoisotopic (exact) mass is 326 g/mol. The van der Waals surface area contributed by atoms with Crippen LogP contribution in [0.1, 0.15) is 43.0 Å². The summed E-state index contributed by atoms with van der Waals surface area (Å²) in [4.78, 5) is 0. The molecule has 2 heterocycles. The van der Waals surface area contributed by atoms with E-state index in [1.165, 1.54) is 12.0 Å². The van der Waals surface area contributed by atoms with Gasteiger partial charge in [0.15, 0.2) is 5.82 Å². The van der Waals surface area contributed by atoms with Gasteiger partial charge in [-0.25, -0.2) is 0 Å². The third kappa shape index (κ3) is 3.57. The van der Waals surface area contributed by atoms with E-state index in [-0.39, 0.29) is 12.4 Å². The van der Waals surface area contributed by atoms with E-state index >= 15 is 0 Å². The first-order valence-corrected chi connectivity index (χ1v) is 7.55. The van der Waals surface area contributed by atoms with Crippen LogP contribution in [0.2, 0.25) is 5.02 Å². The number of nitrogens with one attached hydrogen (secondary N) is 1. The van der Waals surface area contributed by atoms with Gasteiger partial charge in [-0.1, -0.05) is 30.7 Å². The zero-order chi connectivity index (χ0) is 13.9. The predicted octanol–water partition coefficient (Wildman–Crippen LogP) is 3.39. The zero-order valence-corrected chi connectivity index (χ0v) is 13.6. The molecular formula is C15H20Cl2N4. The Kier molecular flexibility index (Phi) is 5.62. The lowest BCUT2D eigenvalue weighted by molar-refractivity contribution is 0.557. The van der Waals surface area contributed by atoms with Gasteiger partial charge in [-0.3, -0.25) is 0 Å². The summed E-state index contributed by atoms with van der Waals surface area (Å²) < 4.78 is 2.24. The topological polar surface area (TPSA) is 42.7 Å². The van der Waals surface area contributed by atoms with Crippen LogP contribution in [0, 0.1) is 0 Å². The summed E-state index contributed by atoms with van der Waals surface area (Å²) in [5.41, 5.74) is 1.23. The van der Waals surface area contributed by atoms with Gasteiger partial charge < -0.3 is 9.88 Å². The van der Waals surface area contributed by atoms with Gasteiger partial charge in [0.05, 0.1) is 12.6 Å². The molecule has 1 aromatic carbocycles. The van der Waals surface area contributed by atoms with E-state index in [0.29, 0.717) is 6.04 Å². The van der Waals surface area contributed by atoms with E-state index < -0.39 is 0 Å². The number of rotatable bonds is 4. The second-order valence-corrected chi connectivity index (χ2v) is 5.63. The molecule has 4 nitrogen and oxygen atoms in total. The van der Waals surface area contributed by atoms with Gasteiger partial charge in [0.1, 0.15) is 5.82 Å². The fourth-order valence-electron chi connectivity index (χ4n) is 2.72. The molecule has 1 fully saturated rings. The molecule has 0 amide bonds. The SMILES string of the molecule is CCc1nnc([C@H]2CCCN2)n1Cc1ccc(Cl)cc1.Cl. The largest absolute Gasteiger partial charge is 0.309 e. The maximum atomic E-state index is 5.95. The smallest absolute Gasteiger partial charge is 0.150 e. The molecule has 1 aliphatic rings. The van der Waals surface area contributed by atoms with Gasteiger partial charge >= 0.3 is 0 Å². The number of nitrogens with zero attached hydrogens (tertiary/aromatic N) is 3. The van der Waals surface area contributed by atoms with Crippen molar-refractivity contribution in [2.24, 2.45) is 0 Å². The highest BCUT2D eigenvalue weighted by Crippen LogP contribution is 2.23. The number of benzene rings is 1. The molecule has 0 unspecified atom stereocenters. The van der Waals surface area contributed by atoms with Crippen LogP contribution in [0.5, 0.6) is 0 Å². The molecule has 1 N–H and O–H groups in total. The molecule has 21 heavy (non-hydrogen) atoms. The molecule has 0 bridgehead atoms. The average molecular weight is 327 g/mol. The molecule has 3 rings (SSSR count). The van der Waals surface area contributed by atoms with E-state index in [9.17, 15) is 0 Å². The fourth-order valence-corrected chi connectivity index (χ4v) is 2.84. The van der Waals surface area contributed by atoms with Gasteiger partial charge in [-0.05, 0) is 37.1 Å². The van der Waals surface area contributed by atoms with E-state index in [0.717, 1.165) is 42.6 Å². The van der Waals surface area contributed by atoms with E-state index in [2.05, 4.69) is 39.1 Å². The molecule has 2 aromatic rings. The van der Waals surface area contributed by atoms with Crippen LogP contribution >= 0.6 is 24.0 Å². The third-order valence-corrected chi connectivity index (χ3v) is 4.05. The summed E-state index contributed by atoms with van der Waals surface area (Å²) in [7, 11) is 0. The van der Waals surface area contributed by atoms with Crippen LogP contribution < -0.4 is 5.32 Å². The van der Waals surface area contributed by atoms with Gasteiger partial charge in [0.2, 0.25) is 0 Å². The van der Waals surface area contributed by atoms with Crippen LogP contribution in [0.25, 0.3) is 0 Å². The molecule has 0 spiro atoms. The summed E-state index contributed by atoms with van der Waals surface area (Å²) in [6, 6.07) is 8.33. The molecule has 1 aliphatic heterocycles. The molecule has 0 radical (unpaired) electrons. The summed E-state index contributed by atoms with van der Waals surface area (Å²) in [5.74, 6) is 2.11. The molecular weight excluding hydrogens is 307 g/mol. The third-order valence-electron chi connectivity index (χ3n) is 3.80. The lowest BCUT2D eigenvalue weighted by atomic mass is 10.2. The summed E-state index contributed by atoms with van der Waals surface area (Å²) in [6.07, 6.45) is 3.25. The van der Waals surface area contributed by atoms with E-state index in [1.54, 1.807) is 0 Å². The minimum absolute atomic E-state index is 0. The highest BCUT2D eigenvalue weighted by molar-refractivity contribution is 6.30. The molecule has 0 aliphatic carbocycles. The van der Waals surface area contributed by atoms with Crippen molar-refractivity contribution in [2.75, 3.05) is 6.54 Å². The molecule has 114 valence electrons. The Morgan fingerprint density at radius 3 is 2.67 bits per heavy atom. The fraction of sp³-hybridized carbons (Fsp3) is 0.467. The van der Waals surface area contributed by atoms with Crippen molar-refractivity contribution in [3.8, 4) is 0 Å². The van der Waals surface area contributed by atoms with Crippen molar-refractivity contribution < 1.29 is 0 Å². The minimum Gasteiger partial charge on any atom is -0.309 e. The van der Waals surface area contributed by atoms with Crippen molar-refractivity contribution in [1.29, 1.82) is 0 Å². The number of halogens is 2. The normalized spacial score (nSPS) is 17.7. The second kappa shape index (κ2) is 7.25. The van der Waals surface area contributed by atoms with Crippen molar-refractivity contribution in [2.45, 2.75) is 38.8 Å². The number of hydrogen-bond acceptors (Lipinski definition) is 3. The zero-order valence-electron chi connectivity index (χ0n) is 12.1. The lowest BCUT2D eigenvalue weighted by Gasteiger charge is -2.14. The molecule has 0 saturated carbocycles. The van der Waals surface area contributed by atoms with Crippen molar-refractivity contribution >= 4 is 24.0 Å². The molecule has 1 saturated heterocycles. The van der Waals surface area contributed by atoms with Crippen LogP contribution in [-0.2, 0) is 13.0 Å². The Bertz CT molecular complexity index is 574. The quantitative estimate of drug-likeness (QED) is 0.936. The first-order chi connectivity index (χ1) is 9.78. The van der Waals surface area contributed by atoms with Crippen molar-refractivity contribution in [3.05, 3.63) is 46.5 Å². The summed E-state index contributed by atoms with van der Waals surface area (Å²) in [5, 5.41) is 13.0. The summed E-state index contributed by atoms with van der Waals surface area (Å²) >= 11 is 5.95. The number of aromatic nitrogens is 3. The van der Waals surface area contributed by atoms with Crippen molar-refractivity contribution in [3.63, 3.8) is 0 Å². The number of hydrogen-bond donors (Lipinski definition) is 1. The number of aryl methyl sites for hydroxylation is 1. The van der Waals surface area contributed by atoms with Gasteiger partial charge in [-0.2, -0.15) is 0 Å².